The second-order valence-electron chi connectivity index (χ2n) is 4.05. The minimum atomic E-state index is -4.39. The molecule has 1 aromatic carbocycles. The first-order valence-corrected chi connectivity index (χ1v) is 7.43. The Bertz CT molecular complexity index is 634. The lowest BCUT2D eigenvalue weighted by Gasteiger charge is -2.11. The summed E-state index contributed by atoms with van der Waals surface area (Å²) < 4.78 is 36.6. The maximum atomic E-state index is 13.3. The van der Waals surface area contributed by atoms with Crippen molar-refractivity contribution >= 4 is 13.6 Å². The summed E-state index contributed by atoms with van der Waals surface area (Å²) in [5.74, 6) is 1.72. The van der Waals surface area contributed by atoms with Crippen LogP contribution in [0.4, 0.5) is 8.78 Å². The molecule has 9 heteroatoms. The summed E-state index contributed by atoms with van der Waals surface area (Å²) in [6.45, 7) is 0. The Balaban J connectivity index is 2.72. The maximum Gasteiger partial charge on any atom is 0.339 e. The molecule has 0 saturated carbocycles. The zero-order chi connectivity index (χ0) is 16.0. The maximum absolute atomic E-state index is 13.3. The molecule has 21 heavy (non-hydrogen) atoms. The van der Waals surface area contributed by atoms with Gasteiger partial charge in [-0.15, -0.1) is 0 Å². The Kier molecular flexibility index (Phi) is 6.00. The van der Waals surface area contributed by atoms with E-state index in [9.17, 15) is 18.1 Å². The molecule has 1 atom stereocenters. The van der Waals surface area contributed by atoms with Gasteiger partial charge in [0.05, 0.1) is 11.8 Å². The fourth-order valence-electron chi connectivity index (χ4n) is 1.32. The van der Waals surface area contributed by atoms with Gasteiger partial charge in [-0.05, 0) is 12.1 Å². The second-order valence-corrected chi connectivity index (χ2v) is 5.69. The van der Waals surface area contributed by atoms with Gasteiger partial charge in [0.1, 0.15) is 17.7 Å². The van der Waals surface area contributed by atoms with Crippen LogP contribution in [-0.4, -0.2) is 33.2 Å². The molecular formula is C12H12F2NO5P. The van der Waals surface area contributed by atoms with Crippen molar-refractivity contribution in [3.05, 3.63) is 35.4 Å². The number of nitrogens with one attached hydrogen (secondary N) is 1. The lowest BCUT2D eigenvalue weighted by Crippen LogP contribution is -2.36. The van der Waals surface area contributed by atoms with Gasteiger partial charge in [0.25, 0.3) is 0 Å². The first-order chi connectivity index (χ1) is 9.69. The number of hydrogen-bond acceptors (Lipinski definition) is 3. The van der Waals surface area contributed by atoms with Crippen molar-refractivity contribution in [2.45, 2.75) is 12.5 Å². The number of carbonyl (C=O) groups is 1. The van der Waals surface area contributed by atoms with Crippen molar-refractivity contribution < 1.29 is 33.0 Å². The SMILES string of the molecule is O=C(O)[C@H](CC#Cc1ccc(F)cc1F)NCP(=O)(O)O. The number of halogens is 2. The Hall–Kier alpha value is -1.78. The van der Waals surface area contributed by atoms with Crippen molar-refractivity contribution in [2.75, 3.05) is 6.29 Å². The largest absolute Gasteiger partial charge is 0.480 e. The van der Waals surface area contributed by atoms with Gasteiger partial charge in [-0.2, -0.15) is 0 Å². The molecular weight excluding hydrogens is 307 g/mol. The van der Waals surface area contributed by atoms with Crippen LogP contribution in [-0.2, 0) is 9.36 Å². The Morgan fingerprint density at radius 1 is 1.38 bits per heavy atom. The topological polar surface area (TPSA) is 107 Å². The Labute approximate surface area is 119 Å². The van der Waals surface area contributed by atoms with Crippen LogP contribution >= 0.6 is 7.60 Å². The summed E-state index contributed by atoms with van der Waals surface area (Å²) in [5.41, 5.74) is -0.101. The van der Waals surface area contributed by atoms with E-state index in [0.717, 1.165) is 12.1 Å². The van der Waals surface area contributed by atoms with Crippen molar-refractivity contribution in [2.24, 2.45) is 0 Å². The molecule has 0 aromatic heterocycles. The first kappa shape index (κ1) is 17.3. The first-order valence-electron chi connectivity index (χ1n) is 5.64. The average molecular weight is 319 g/mol. The summed E-state index contributed by atoms with van der Waals surface area (Å²) in [6.07, 6.45) is -1.11. The number of carboxylic acids is 1. The highest BCUT2D eigenvalue weighted by Gasteiger charge is 2.20. The lowest BCUT2D eigenvalue weighted by atomic mass is 10.1. The molecule has 4 N–H and O–H groups in total. The van der Waals surface area contributed by atoms with Crippen LogP contribution in [0, 0.1) is 23.5 Å². The molecule has 0 fully saturated rings. The Morgan fingerprint density at radius 3 is 2.57 bits per heavy atom. The number of carboxylic acid groups (broad SMARTS) is 1. The highest BCUT2D eigenvalue weighted by molar-refractivity contribution is 7.51. The van der Waals surface area contributed by atoms with E-state index in [1.807, 2.05) is 0 Å². The van der Waals surface area contributed by atoms with Gasteiger partial charge >= 0.3 is 13.6 Å². The van der Waals surface area contributed by atoms with Gasteiger partial charge < -0.3 is 14.9 Å². The molecule has 0 aliphatic rings. The van der Waals surface area contributed by atoms with Crippen LogP contribution in [0.5, 0.6) is 0 Å². The third-order valence-corrected chi connectivity index (χ3v) is 2.90. The fraction of sp³-hybridized carbons (Fsp3) is 0.250. The highest BCUT2D eigenvalue weighted by Crippen LogP contribution is 2.32. The van der Waals surface area contributed by atoms with Crippen molar-refractivity contribution in [1.29, 1.82) is 0 Å². The highest BCUT2D eigenvalue weighted by atomic mass is 31.2. The quantitative estimate of drug-likeness (QED) is 0.474. The molecule has 6 nitrogen and oxygen atoms in total. The van der Waals surface area contributed by atoms with E-state index in [1.54, 1.807) is 0 Å². The molecule has 0 unspecified atom stereocenters. The summed E-state index contributed by atoms with van der Waals surface area (Å²) in [4.78, 5) is 28.2. The summed E-state index contributed by atoms with van der Waals surface area (Å²) in [5, 5.41) is 11.0. The summed E-state index contributed by atoms with van der Waals surface area (Å²) >= 11 is 0. The molecule has 114 valence electrons. The number of hydrogen-bond donors (Lipinski definition) is 4. The van der Waals surface area contributed by atoms with E-state index in [4.69, 9.17) is 14.9 Å². The third-order valence-electron chi connectivity index (χ3n) is 2.30. The molecule has 0 bridgehead atoms. The van der Waals surface area contributed by atoms with Crippen molar-refractivity contribution in [1.82, 2.24) is 5.32 Å². The van der Waals surface area contributed by atoms with Crippen molar-refractivity contribution in [3.63, 3.8) is 0 Å². The molecule has 1 rings (SSSR count). The van der Waals surface area contributed by atoms with Crippen LogP contribution in [0.3, 0.4) is 0 Å². The van der Waals surface area contributed by atoms with E-state index < -0.39 is 37.5 Å². The number of benzene rings is 1. The fourth-order valence-corrected chi connectivity index (χ4v) is 1.77. The zero-order valence-corrected chi connectivity index (χ0v) is 11.5. The summed E-state index contributed by atoms with van der Waals surface area (Å²) in [7, 11) is -4.39. The van der Waals surface area contributed by atoms with Crippen LogP contribution < -0.4 is 5.32 Å². The van der Waals surface area contributed by atoms with E-state index in [-0.39, 0.29) is 12.0 Å². The smallest absolute Gasteiger partial charge is 0.339 e. The molecule has 0 spiro atoms. The van der Waals surface area contributed by atoms with Crippen LogP contribution in [0.25, 0.3) is 0 Å². The normalized spacial score (nSPS) is 12.4. The predicted octanol–water partition coefficient (Wildman–Crippen LogP) is 0.884. The van der Waals surface area contributed by atoms with Crippen molar-refractivity contribution in [3.8, 4) is 11.8 Å². The van der Waals surface area contributed by atoms with E-state index >= 15 is 0 Å². The van der Waals surface area contributed by atoms with Gasteiger partial charge in [0.15, 0.2) is 0 Å². The molecule has 1 aromatic rings. The Morgan fingerprint density at radius 2 is 2.05 bits per heavy atom. The van der Waals surface area contributed by atoms with Gasteiger partial charge in [-0.25, -0.2) is 8.78 Å². The molecule has 0 radical (unpaired) electrons. The third kappa shape index (κ3) is 6.47. The van der Waals surface area contributed by atoms with E-state index in [2.05, 4.69) is 17.2 Å². The summed E-state index contributed by atoms with van der Waals surface area (Å²) in [6, 6.07) is 1.45. The van der Waals surface area contributed by atoms with Crippen LogP contribution in [0.15, 0.2) is 18.2 Å². The van der Waals surface area contributed by atoms with E-state index in [1.165, 1.54) is 0 Å². The molecule has 0 amide bonds. The van der Waals surface area contributed by atoms with E-state index in [0.29, 0.717) is 6.07 Å². The molecule has 0 heterocycles. The lowest BCUT2D eigenvalue weighted by molar-refractivity contribution is -0.139. The average Bonchev–Trinajstić information content (AvgIpc) is 2.34. The standard InChI is InChI=1S/C12H12F2NO5P/c13-9-5-4-8(10(14)6-9)2-1-3-11(12(16)17)15-7-21(18,19)20/h4-6,11,15H,3,7H2,(H,16,17)(H2,18,19,20)/t11-/m0/s1. The minimum absolute atomic E-state index is 0.101. The molecule has 0 aliphatic heterocycles. The van der Waals surface area contributed by atoms with Gasteiger partial charge in [0.2, 0.25) is 0 Å². The molecule has 0 saturated heterocycles. The monoisotopic (exact) mass is 319 g/mol. The minimum Gasteiger partial charge on any atom is -0.480 e. The number of aliphatic carboxylic acids is 1. The number of rotatable bonds is 5. The van der Waals surface area contributed by atoms with Gasteiger partial charge in [-0.3, -0.25) is 14.7 Å². The zero-order valence-electron chi connectivity index (χ0n) is 10.6. The predicted molar refractivity (Wildman–Crippen MR) is 69.3 cm³/mol. The second kappa shape index (κ2) is 7.29. The van der Waals surface area contributed by atoms with Crippen LogP contribution in [0.2, 0.25) is 0 Å². The van der Waals surface area contributed by atoms with Gasteiger partial charge in [0, 0.05) is 12.5 Å². The van der Waals surface area contributed by atoms with Gasteiger partial charge in [-0.1, -0.05) is 11.8 Å². The molecule has 0 aliphatic carbocycles. The van der Waals surface area contributed by atoms with Crippen LogP contribution in [0.1, 0.15) is 12.0 Å².